The van der Waals surface area contributed by atoms with E-state index < -0.39 is 0 Å². The summed E-state index contributed by atoms with van der Waals surface area (Å²) in [5.41, 5.74) is 2.77. The van der Waals surface area contributed by atoms with Crippen LogP contribution in [0.2, 0.25) is 0 Å². The lowest BCUT2D eigenvalue weighted by atomic mass is 10.1. The van der Waals surface area contributed by atoms with Crippen molar-refractivity contribution >= 4 is 10.9 Å². The smallest absolute Gasteiger partial charge is 0.189 e. The van der Waals surface area contributed by atoms with Gasteiger partial charge in [-0.25, -0.2) is 0 Å². The number of hydrogen-bond acceptors (Lipinski definition) is 2. The molecule has 0 saturated carbocycles. The minimum Gasteiger partial charge on any atom is -0.361 e. The van der Waals surface area contributed by atoms with Crippen molar-refractivity contribution in [1.82, 2.24) is 9.97 Å². The largest absolute Gasteiger partial charge is 0.361 e. The van der Waals surface area contributed by atoms with Gasteiger partial charge in [-0.15, -0.1) is 0 Å². The van der Waals surface area contributed by atoms with Gasteiger partial charge in [-0.1, -0.05) is 12.1 Å². The first-order chi connectivity index (χ1) is 8.34. The van der Waals surface area contributed by atoms with Gasteiger partial charge in [-0.3, -0.25) is 9.78 Å². The van der Waals surface area contributed by atoms with Crippen LogP contribution in [-0.4, -0.2) is 9.97 Å². The van der Waals surface area contributed by atoms with Crippen molar-refractivity contribution in [2.75, 3.05) is 0 Å². The summed E-state index contributed by atoms with van der Waals surface area (Å²) in [5, 5.41) is 0.701. The molecule has 0 bridgehead atoms. The van der Waals surface area contributed by atoms with Crippen LogP contribution in [0, 0.1) is 0 Å². The highest BCUT2D eigenvalue weighted by molar-refractivity contribution is 5.83. The topological polar surface area (TPSA) is 45.8 Å². The molecule has 3 aromatic rings. The second-order valence-corrected chi connectivity index (χ2v) is 3.82. The van der Waals surface area contributed by atoms with Gasteiger partial charge in [0.2, 0.25) is 0 Å². The predicted molar refractivity (Wildman–Crippen MR) is 67.8 cm³/mol. The Morgan fingerprint density at radius 2 is 2.00 bits per heavy atom. The molecular weight excluding hydrogens is 212 g/mol. The summed E-state index contributed by atoms with van der Waals surface area (Å²) in [5.74, 6) is 0. The SMILES string of the molecule is O=c1cc[nH]c2cc(-c3ccccn3)ccc12. The van der Waals surface area contributed by atoms with Crippen LogP contribution in [0.3, 0.4) is 0 Å². The third-order valence-corrected chi connectivity index (χ3v) is 2.72. The van der Waals surface area contributed by atoms with Crippen LogP contribution < -0.4 is 5.43 Å². The Morgan fingerprint density at radius 3 is 2.82 bits per heavy atom. The molecule has 2 heterocycles. The first kappa shape index (κ1) is 9.78. The number of hydrogen-bond donors (Lipinski definition) is 1. The van der Waals surface area contributed by atoms with Crippen LogP contribution in [0.5, 0.6) is 0 Å². The fraction of sp³-hybridized carbons (Fsp3) is 0. The molecule has 0 atom stereocenters. The van der Waals surface area contributed by atoms with E-state index in [1.54, 1.807) is 12.4 Å². The van der Waals surface area contributed by atoms with E-state index in [9.17, 15) is 4.79 Å². The molecule has 0 amide bonds. The lowest BCUT2D eigenvalue weighted by Gasteiger charge is -2.02. The Morgan fingerprint density at radius 1 is 1.06 bits per heavy atom. The maximum absolute atomic E-state index is 11.6. The van der Waals surface area contributed by atoms with Gasteiger partial charge in [0, 0.05) is 34.9 Å². The molecule has 2 aromatic heterocycles. The summed E-state index contributed by atoms with van der Waals surface area (Å²) in [6.45, 7) is 0. The van der Waals surface area contributed by atoms with E-state index in [1.165, 1.54) is 6.07 Å². The van der Waals surface area contributed by atoms with Gasteiger partial charge in [0.15, 0.2) is 5.43 Å². The first-order valence-corrected chi connectivity index (χ1v) is 5.37. The van der Waals surface area contributed by atoms with E-state index in [4.69, 9.17) is 0 Å². The molecule has 1 N–H and O–H groups in total. The average Bonchev–Trinajstić information content (AvgIpc) is 2.40. The van der Waals surface area contributed by atoms with Gasteiger partial charge >= 0.3 is 0 Å². The van der Waals surface area contributed by atoms with E-state index in [2.05, 4.69) is 9.97 Å². The molecule has 0 aliphatic rings. The van der Waals surface area contributed by atoms with Gasteiger partial charge in [-0.05, 0) is 24.3 Å². The standard InChI is InChI=1S/C14H10N2O/c17-14-6-8-16-13-9-10(4-5-11(13)14)12-3-1-2-7-15-12/h1-9H,(H,16,17). The molecule has 0 aliphatic heterocycles. The zero-order valence-electron chi connectivity index (χ0n) is 9.05. The molecule has 3 heteroatoms. The van der Waals surface area contributed by atoms with Crippen LogP contribution in [0.4, 0.5) is 0 Å². The van der Waals surface area contributed by atoms with E-state index in [0.717, 1.165) is 16.8 Å². The predicted octanol–water partition coefficient (Wildman–Crippen LogP) is 2.59. The van der Waals surface area contributed by atoms with Crippen LogP contribution in [0.25, 0.3) is 22.2 Å². The van der Waals surface area contributed by atoms with E-state index in [1.807, 2.05) is 36.4 Å². The highest BCUT2D eigenvalue weighted by Crippen LogP contribution is 2.19. The number of aromatic amines is 1. The fourth-order valence-electron chi connectivity index (χ4n) is 1.87. The molecule has 1 aromatic carbocycles. The van der Waals surface area contributed by atoms with Crippen molar-refractivity contribution in [3.63, 3.8) is 0 Å². The summed E-state index contributed by atoms with van der Waals surface area (Å²) >= 11 is 0. The quantitative estimate of drug-likeness (QED) is 0.687. The van der Waals surface area contributed by atoms with Crippen molar-refractivity contribution in [2.24, 2.45) is 0 Å². The number of nitrogens with one attached hydrogen (secondary N) is 1. The molecular formula is C14H10N2O. The lowest BCUT2D eigenvalue weighted by molar-refractivity contribution is 1.32. The highest BCUT2D eigenvalue weighted by Gasteiger charge is 2.02. The minimum atomic E-state index is 0.0336. The van der Waals surface area contributed by atoms with Crippen LogP contribution >= 0.6 is 0 Å². The van der Waals surface area contributed by atoms with Gasteiger partial charge in [-0.2, -0.15) is 0 Å². The van der Waals surface area contributed by atoms with Crippen molar-refractivity contribution in [2.45, 2.75) is 0 Å². The summed E-state index contributed by atoms with van der Waals surface area (Å²) in [6, 6.07) is 13.0. The Labute approximate surface area is 97.8 Å². The second-order valence-electron chi connectivity index (χ2n) is 3.82. The molecule has 0 saturated heterocycles. The third kappa shape index (κ3) is 1.72. The Balaban J connectivity index is 2.25. The maximum Gasteiger partial charge on any atom is 0.189 e. The van der Waals surface area contributed by atoms with Crippen molar-refractivity contribution in [1.29, 1.82) is 0 Å². The number of fused-ring (bicyclic) bond motifs is 1. The Hall–Kier alpha value is -2.42. The second kappa shape index (κ2) is 3.87. The molecule has 17 heavy (non-hydrogen) atoms. The molecule has 3 rings (SSSR count). The van der Waals surface area contributed by atoms with Crippen molar-refractivity contribution in [3.05, 3.63) is 65.1 Å². The minimum absolute atomic E-state index is 0.0336. The number of nitrogens with zero attached hydrogens (tertiary/aromatic N) is 1. The Kier molecular flexibility index (Phi) is 2.22. The monoisotopic (exact) mass is 222 g/mol. The van der Waals surface area contributed by atoms with E-state index in [0.29, 0.717) is 5.39 Å². The van der Waals surface area contributed by atoms with E-state index >= 15 is 0 Å². The number of aromatic nitrogens is 2. The Bertz CT molecular complexity index is 717. The molecule has 82 valence electrons. The molecule has 0 spiro atoms. The number of rotatable bonds is 1. The zero-order chi connectivity index (χ0) is 11.7. The number of H-pyrrole nitrogens is 1. The summed E-state index contributed by atoms with van der Waals surface area (Å²) in [6.07, 6.45) is 3.42. The van der Waals surface area contributed by atoms with Gasteiger partial charge in [0.1, 0.15) is 0 Å². The van der Waals surface area contributed by atoms with Gasteiger partial charge in [0.25, 0.3) is 0 Å². The summed E-state index contributed by atoms with van der Waals surface area (Å²) in [7, 11) is 0. The van der Waals surface area contributed by atoms with Crippen LogP contribution in [0.15, 0.2) is 59.7 Å². The molecule has 3 nitrogen and oxygen atoms in total. The normalized spacial score (nSPS) is 10.6. The van der Waals surface area contributed by atoms with Gasteiger partial charge in [0.05, 0.1) is 5.69 Å². The number of benzene rings is 1. The summed E-state index contributed by atoms with van der Waals surface area (Å²) in [4.78, 5) is 19.0. The molecule has 0 fully saturated rings. The van der Waals surface area contributed by atoms with E-state index in [-0.39, 0.29) is 5.43 Å². The average molecular weight is 222 g/mol. The molecule has 0 unspecified atom stereocenters. The molecule has 0 aliphatic carbocycles. The van der Waals surface area contributed by atoms with Crippen molar-refractivity contribution in [3.8, 4) is 11.3 Å². The van der Waals surface area contributed by atoms with Crippen LogP contribution in [-0.2, 0) is 0 Å². The maximum atomic E-state index is 11.6. The fourth-order valence-corrected chi connectivity index (χ4v) is 1.87. The van der Waals surface area contributed by atoms with Crippen LogP contribution in [0.1, 0.15) is 0 Å². The zero-order valence-corrected chi connectivity index (χ0v) is 9.05. The summed E-state index contributed by atoms with van der Waals surface area (Å²) < 4.78 is 0. The third-order valence-electron chi connectivity index (χ3n) is 2.72. The highest BCUT2D eigenvalue weighted by atomic mass is 16.1. The van der Waals surface area contributed by atoms with Crippen molar-refractivity contribution < 1.29 is 0 Å². The van der Waals surface area contributed by atoms with Gasteiger partial charge < -0.3 is 4.98 Å². The lowest BCUT2D eigenvalue weighted by Crippen LogP contribution is -1.99. The molecule has 0 radical (unpaired) electrons. The first-order valence-electron chi connectivity index (χ1n) is 5.37. The number of pyridine rings is 2.